The first-order chi connectivity index (χ1) is 32.7. The van der Waals surface area contributed by atoms with Crippen LogP contribution in [0.15, 0.2) is 132 Å². The van der Waals surface area contributed by atoms with Gasteiger partial charge in [0.2, 0.25) is 0 Å². The van der Waals surface area contributed by atoms with Crippen molar-refractivity contribution in [3.05, 3.63) is 177 Å². The van der Waals surface area contributed by atoms with Crippen LogP contribution < -0.4 is 0 Å². The summed E-state index contributed by atoms with van der Waals surface area (Å²) in [6.07, 6.45) is 9.20. The third-order valence-electron chi connectivity index (χ3n) is 15.9. The van der Waals surface area contributed by atoms with Crippen molar-refractivity contribution in [3.8, 4) is 44.5 Å². The van der Waals surface area contributed by atoms with Crippen LogP contribution in [-0.4, -0.2) is 5.92 Å². The van der Waals surface area contributed by atoms with Crippen molar-refractivity contribution in [3.63, 3.8) is 0 Å². The van der Waals surface area contributed by atoms with E-state index in [0.717, 1.165) is 25.7 Å². The molecule has 2 unspecified atom stereocenters. The number of fused-ring (bicyclic) bond motifs is 2. The quantitative estimate of drug-likeness (QED) is 0.113. The summed E-state index contributed by atoms with van der Waals surface area (Å²) < 4.78 is -0.0129. The maximum atomic E-state index is 9.26. The van der Waals surface area contributed by atoms with E-state index in [1.165, 1.54) is 100 Å². The van der Waals surface area contributed by atoms with Crippen LogP contribution in [0, 0.1) is 0 Å². The van der Waals surface area contributed by atoms with Crippen molar-refractivity contribution < 1.29 is 15.6 Å². The summed E-state index contributed by atoms with van der Waals surface area (Å²) in [5.74, 6) is -1.85. The molecule has 0 saturated carbocycles. The molecular weight excluding hydrogens is 983 g/mol. The first kappa shape index (κ1) is 52.8. The Kier molecular flexibility index (Phi) is 14.4. The maximum absolute atomic E-state index is 9.26. The Morgan fingerprint density at radius 2 is 0.743 bits per heavy atom. The second-order valence-electron chi connectivity index (χ2n) is 25.5. The van der Waals surface area contributed by atoms with E-state index in [2.05, 4.69) is 244 Å². The van der Waals surface area contributed by atoms with Crippen LogP contribution in [0.1, 0.15) is 174 Å². The van der Waals surface area contributed by atoms with Gasteiger partial charge in [-0.15, -0.1) is 0 Å². The summed E-state index contributed by atoms with van der Waals surface area (Å²) in [6.45, 7) is 37.9. The molecule has 6 aromatic rings. The van der Waals surface area contributed by atoms with E-state index in [1.54, 1.807) is 0 Å². The van der Waals surface area contributed by atoms with E-state index in [-0.39, 0.29) is 28.9 Å². The molecule has 0 bridgehead atoms. The Balaban J connectivity index is 1.46. The number of benzene rings is 6. The molecule has 0 saturated heterocycles. The fourth-order valence-electron chi connectivity index (χ4n) is 11.8. The minimum atomic E-state index is -5.24. The molecule has 0 aromatic heterocycles. The molecule has 0 amide bonds. The molecule has 2 aliphatic carbocycles. The zero-order chi connectivity index (χ0) is 51.0. The molecule has 0 heterocycles. The molecule has 6 aromatic carbocycles. The fourth-order valence-corrected chi connectivity index (χ4v) is 43.3. The van der Waals surface area contributed by atoms with Gasteiger partial charge >= 0.3 is 437 Å². The Morgan fingerprint density at radius 1 is 0.429 bits per heavy atom. The Morgan fingerprint density at radius 3 is 1.01 bits per heavy atom. The zero-order valence-corrected chi connectivity index (χ0v) is 50.6. The molecule has 0 aliphatic heterocycles. The minimum absolute atomic E-state index is 0.00647. The molecule has 0 radical (unpaired) electrons. The SMILES string of the molecule is CCCC1=Cc2c(ccc(-c3ccccc3)c2-c2cc(C(C)(C)C)cc(C(C)(C)C)c2)[CH]1[Zr]([Cl])([Cl])([CH]1C(CCC)=Cc2c1ccc(-c1ccccc1)c2-c1cc(C(C)(C)C)cc(C(C)(C)C)c1)[SiH](C)C. The van der Waals surface area contributed by atoms with Crippen molar-refractivity contribution in [2.45, 2.75) is 165 Å². The van der Waals surface area contributed by atoms with Crippen LogP contribution in [0.25, 0.3) is 56.7 Å². The monoisotopic (exact) mass is 1060 g/mol. The normalized spacial score (nSPS) is 17.0. The van der Waals surface area contributed by atoms with Crippen molar-refractivity contribution in [2.75, 3.05) is 0 Å². The average Bonchev–Trinajstić information content (AvgIpc) is 3.87. The first-order valence-corrected chi connectivity index (χ1v) is 42.7. The van der Waals surface area contributed by atoms with Crippen molar-refractivity contribution >= 4 is 35.1 Å². The zero-order valence-electron chi connectivity index (χ0n) is 45.5. The summed E-state index contributed by atoms with van der Waals surface area (Å²) in [4.78, 5) is 0. The Hall–Kier alpha value is -3.52. The number of rotatable bonds is 11. The van der Waals surface area contributed by atoms with E-state index in [1.807, 2.05) is 0 Å². The Bertz CT molecular complexity index is 2730. The second kappa shape index (κ2) is 19.1. The van der Waals surface area contributed by atoms with E-state index < -0.39 is 21.5 Å². The third kappa shape index (κ3) is 9.60. The summed E-state index contributed by atoms with van der Waals surface area (Å²) in [7, 11) is 18.5. The summed E-state index contributed by atoms with van der Waals surface area (Å²) in [5, 5.41) is 0. The Labute approximate surface area is 433 Å². The van der Waals surface area contributed by atoms with Gasteiger partial charge in [-0.25, -0.2) is 0 Å². The molecular formula is C66H81Cl2SiZr. The van der Waals surface area contributed by atoms with E-state index >= 15 is 0 Å². The molecule has 2 aliphatic rings. The molecule has 2 atom stereocenters. The van der Waals surface area contributed by atoms with Gasteiger partial charge in [-0.2, -0.15) is 0 Å². The summed E-state index contributed by atoms with van der Waals surface area (Å²) in [6, 6.07) is 46.7. The van der Waals surface area contributed by atoms with Gasteiger partial charge < -0.3 is 0 Å². The molecule has 367 valence electrons. The van der Waals surface area contributed by atoms with Gasteiger partial charge in [-0.1, -0.05) is 0 Å². The summed E-state index contributed by atoms with van der Waals surface area (Å²) in [5.41, 5.74) is 23.7. The number of allylic oxidation sites excluding steroid dienone is 2. The topological polar surface area (TPSA) is 0 Å². The standard InChI is InChI=1S/2C32H37.C2H7Si.2ClH.Zr/c2*1-8-12-22-17-24-15-16-28(23-13-10-9-11-14-23)30(29(24)18-22)25-19-26(31(2,3)4)21-27(20-25)32(5,6)7;1-3-2;;;/h2*9-11,13-21H,8,12H2,1-7H3;3H,1-2H3;2*1H;/q;;;;;+2/p-2. The molecule has 8 rings (SSSR count). The van der Waals surface area contributed by atoms with Crippen molar-refractivity contribution in [1.82, 2.24) is 0 Å². The number of hydrogen-bond acceptors (Lipinski definition) is 0. The van der Waals surface area contributed by atoms with Gasteiger partial charge in [-0.05, 0) is 0 Å². The van der Waals surface area contributed by atoms with Crippen molar-refractivity contribution in [1.29, 1.82) is 0 Å². The van der Waals surface area contributed by atoms with Crippen LogP contribution in [-0.2, 0) is 37.2 Å². The average molecular weight is 1060 g/mol. The summed E-state index contributed by atoms with van der Waals surface area (Å²) >= 11 is -5.24. The van der Waals surface area contributed by atoms with E-state index in [4.69, 9.17) is 0 Å². The number of hydrogen-bond donors (Lipinski definition) is 0. The van der Waals surface area contributed by atoms with Crippen LogP contribution in [0.4, 0.5) is 0 Å². The van der Waals surface area contributed by atoms with Crippen molar-refractivity contribution in [2.24, 2.45) is 0 Å². The van der Waals surface area contributed by atoms with Gasteiger partial charge in [-0.3, -0.25) is 0 Å². The van der Waals surface area contributed by atoms with E-state index in [0.29, 0.717) is 0 Å². The predicted molar refractivity (Wildman–Crippen MR) is 311 cm³/mol. The fraction of sp³-hybridized carbons (Fsp3) is 0.394. The molecule has 0 N–H and O–H groups in total. The van der Waals surface area contributed by atoms with Gasteiger partial charge in [0.05, 0.1) is 0 Å². The van der Waals surface area contributed by atoms with Crippen LogP contribution in [0.5, 0.6) is 0 Å². The third-order valence-corrected chi connectivity index (χ3v) is 67.8. The van der Waals surface area contributed by atoms with Crippen LogP contribution in [0.2, 0.25) is 13.1 Å². The number of halogens is 2. The predicted octanol–water partition coefficient (Wildman–Crippen LogP) is 20.7. The molecule has 0 nitrogen and oxygen atoms in total. The van der Waals surface area contributed by atoms with Gasteiger partial charge in [0, 0.05) is 0 Å². The van der Waals surface area contributed by atoms with Crippen LogP contribution in [0.3, 0.4) is 0 Å². The molecule has 4 heteroatoms. The van der Waals surface area contributed by atoms with Gasteiger partial charge in [0.15, 0.2) is 0 Å². The van der Waals surface area contributed by atoms with E-state index in [9.17, 15) is 17.0 Å². The first-order valence-electron chi connectivity index (χ1n) is 26.4. The second-order valence-corrected chi connectivity index (χ2v) is 68.0. The van der Waals surface area contributed by atoms with Gasteiger partial charge in [0.25, 0.3) is 0 Å². The molecule has 70 heavy (non-hydrogen) atoms. The van der Waals surface area contributed by atoms with Crippen LogP contribution >= 0.6 is 17.0 Å². The van der Waals surface area contributed by atoms with Gasteiger partial charge in [0.1, 0.15) is 0 Å². The molecule has 0 spiro atoms. The molecule has 0 fully saturated rings.